The van der Waals surface area contributed by atoms with E-state index >= 15 is 0 Å². The summed E-state index contributed by atoms with van der Waals surface area (Å²) in [6.07, 6.45) is 0. The number of fused-ring (bicyclic) bond motifs is 4. The monoisotopic (exact) mass is 933 g/mol. The molecule has 0 atom stereocenters. The van der Waals surface area contributed by atoms with Crippen molar-refractivity contribution in [3.63, 3.8) is 0 Å². The Morgan fingerprint density at radius 3 is 1.15 bits per heavy atom. The van der Waals surface area contributed by atoms with E-state index < -0.39 is 0 Å². The maximum atomic E-state index is 5.26. The van der Waals surface area contributed by atoms with Crippen LogP contribution in [0.4, 0.5) is 0 Å². The Labute approximate surface area is 425 Å². The summed E-state index contributed by atoms with van der Waals surface area (Å²) >= 11 is 0. The van der Waals surface area contributed by atoms with Crippen LogP contribution in [0.5, 0.6) is 0 Å². The predicted molar refractivity (Wildman–Crippen MR) is 299 cm³/mol. The van der Waals surface area contributed by atoms with E-state index in [9.17, 15) is 0 Å². The van der Waals surface area contributed by atoms with Gasteiger partial charge in [0.25, 0.3) is 0 Å². The molecule has 73 heavy (non-hydrogen) atoms. The van der Waals surface area contributed by atoms with Crippen LogP contribution in [0.1, 0.15) is 25.0 Å². The van der Waals surface area contributed by atoms with E-state index in [-0.39, 0.29) is 5.41 Å². The fraction of sp³-hybridized carbons (Fsp3) is 0.0441. The topological polar surface area (TPSA) is 64.5 Å². The molecule has 0 saturated heterocycles. The van der Waals surface area contributed by atoms with Crippen LogP contribution in [0.3, 0.4) is 0 Å². The van der Waals surface area contributed by atoms with Crippen LogP contribution in [-0.4, -0.2) is 24.9 Å². The molecule has 0 radical (unpaired) electrons. The average molecular weight is 934 g/mol. The molecule has 2 heterocycles. The molecule has 1 aliphatic carbocycles. The number of rotatable bonds is 9. The van der Waals surface area contributed by atoms with Gasteiger partial charge in [-0.25, -0.2) is 24.9 Å². The van der Waals surface area contributed by atoms with E-state index in [4.69, 9.17) is 24.9 Å². The average Bonchev–Trinajstić information content (AvgIpc) is 3.69. The van der Waals surface area contributed by atoms with Gasteiger partial charge in [0.2, 0.25) is 0 Å². The molecule has 2 aromatic heterocycles. The molecule has 0 N–H and O–H groups in total. The Balaban J connectivity index is 0.875. The van der Waals surface area contributed by atoms with Crippen molar-refractivity contribution < 1.29 is 0 Å². The molecular weight excluding hydrogens is 887 g/mol. The minimum atomic E-state index is -0.182. The van der Waals surface area contributed by atoms with Crippen LogP contribution in [0.2, 0.25) is 0 Å². The first-order chi connectivity index (χ1) is 35.9. The first kappa shape index (κ1) is 43.6. The lowest BCUT2D eigenvalue weighted by molar-refractivity contribution is 0.661. The summed E-state index contributed by atoms with van der Waals surface area (Å²) in [6.45, 7) is 4.68. The zero-order chi connectivity index (χ0) is 48.9. The summed E-state index contributed by atoms with van der Waals surface area (Å²) in [4.78, 5) is 25.9. The molecule has 1 aliphatic rings. The zero-order valence-corrected chi connectivity index (χ0v) is 40.4. The highest BCUT2D eigenvalue weighted by atomic mass is 15.0. The first-order valence-corrected chi connectivity index (χ1v) is 24.8. The summed E-state index contributed by atoms with van der Waals surface area (Å²) in [6, 6.07) is 87.5. The van der Waals surface area contributed by atoms with E-state index in [2.05, 4.69) is 232 Å². The third kappa shape index (κ3) is 8.27. The van der Waals surface area contributed by atoms with Gasteiger partial charge in [-0.2, -0.15) is 0 Å². The first-order valence-electron chi connectivity index (χ1n) is 24.8. The quantitative estimate of drug-likeness (QED) is 0.144. The van der Waals surface area contributed by atoms with Gasteiger partial charge in [-0.1, -0.05) is 226 Å². The van der Waals surface area contributed by atoms with E-state index in [0.29, 0.717) is 23.3 Å². The minimum absolute atomic E-state index is 0.182. The lowest BCUT2D eigenvalue weighted by Gasteiger charge is -2.22. The second-order valence-electron chi connectivity index (χ2n) is 19.3. The largest absolute Gasteiger partial charge is 0.228 e. The normalized spacial score (nSPS) is 12.4. The van der Waals surface area contributed by atoms with E-state index in [1.54, 1.807) is 0 Å². The van der Waals surface area contributed by atoms with Gasteiger partial charge >= 0.3 is 0 Å². The summed E-state index contributed by atoms with van der Waals surface area (Å²) in [7, 11) is 0. The molecule has 0 unspecified atom stereocenters. The highest BCUT2D eigenvalue weighted by molar-refractivity contribution is 5.94. The summed E-state index contributed by atoms with van der Waals surface area (Å²) in [5.41, 5.74) is 19.2. The summed E-state index contributed by atoms with van der Waals surface area (Å²) in [5.74, 6) is 2.50. The molecule has 13 rings (SSSR count). The van der Waals surface area contributed by atoms with Crippen molar-refractivity contribution in [2.75, 3.05) is 0 Å². The fourth-order valence-corrected chi connectivity index (χ4v) is 10.4. The molecule has 5 nitrogen and oxygen atoms in total. The Hall–Kier alpha value is -9.45. The van der Waals surface area contributed by atoms with Crippen LogP contribution in [0, 0.1) is 0 Å². The van der Waals surface area contributed by atoms with Crippen molar-refractivity contribution in [1.29, 1.82) is 0 Å². The van der Waals surface area contributed by atoms with Crippen molar-refractivity contribution in [2.45, 2.75) is 19.3 Å². The number of nitrogens with zero attached hydrogens (tertiary/aromatic N) is 5. The highest BCUT2D eigenvalue weighted by Gasteiger charge is 2.36. The standard InChI is InChI=1S/C68H47N5/c1-68(2)60-42-56(36-37-58(60)59-40-53-22-12-13-23-54(53)41-61(59)68)63-43-62(69-64(70-63)48-20-10-5-11-21-48)55-26-14-24-51(38-55)52-25-15-27-57(39-52)67-72-65(49-32-28-46(29-33-49)44-16-6-3-7-17-44)71-66(73-67)50-34-30-47(31-35-50)45-18-8-4-9-19-45/h3-43H,1-2H3. The van der Waals surface area contributed by atoms with E-state index in [1.807, 2.05) is 30.3 Å². The van der Waals surface area contributed by atoms with Crippen molar-refractivity contribution in [1.82, 2.24) is 24.9 Å². The van der Waals surface area contributed by atoms with Crippen LogP contribution < -0.4 is 0 Å². The van der Waals surface area contributed by atoms with Gasteiger partial charge in [0.05, 0.1) is 11.4 Å². The Morgan fingerprint density at radius 1 is 0.233 bits per heavy atom. The smallest absolute Gasteiger partial charge is 0.164 e. The molecule has 5 heteroatoms. The second kappa shape index (κ2) is 18.1. The van der Waals surface area contributed by atoms with Gasteiger partial charge in [0.15, 0.2) is 23.3 Å². The molecule has 0 saturated carbocycles. The number of aromatic nitrogens is 5. The molecule has 0 fully saturated rings. The third-order valence-electron chi connectivity index (χ3n) is 14.3. The molecule has 0 spiro atoms. The Morgan fingerprint density at radius 2 is 0.589 bits per heavy atom. The fourth-order valence-electron chi connectivity index (χ4n) is 10.4. The van der Waals surface area contributed by atoms with E-state index in [0.717, 1.165) is 78.1 Å². The van der Waals surface area contributed by atoms with Gasteiger partial charge < -0.3 is 0 Å². The second-order valence-corrected chi connectivity index (χ2v) is 19.3. The van der Waals surface area contributed by atoms with Crippen molar-refractivity contribution >= 4 is 10.8 Å². The zero-order valence-electron chi connectivity index (χ0n) is 40.4. The van der Waals surface area contributed by atoms with Crippen molar-refractivity contribution in [3.8, 4) is 113 Å². The lowest BCUT2D eigenvalue weighted by atomic mass is 9.81. The van der Waals surface area contributed by atoms with Gasteiger partial charge in [0.1, 0.15) is 0 Å². The molecular formula is C68H47N5. The van der Waals surface area contributed by atoms with Gasteiger partial charge in [-0.05, 0) is 103 Å². The van der Waals surface area contributed by atoms with Gasteiger partial charge in [0, 0.05) is 38.8 Å². The predicted octanol–water partition coefficient (Wildman–Crippen LogP) is 17.1. The van der Waals surface area contributed by atoms with Crippen LogP contribution >= 0.6 is 0 Å². The van der Waals surface area contributed by atoms with Gasteiger partial charge in [-0.3, -0.25) is 0 Å². The molecule has 0 aliphatic heterocycles. The number of benzene rings is 10. The molecule has 10 aromatic carbocycles. The summed E-state index contributed by atoms with van der Waals surface area (Å²) < 4.78 is 0. The molecule has 0 amide bonds. The van der Waals surface area contributed by atoms with Crippen molar-refractivity contribution in [2.24, 2.45) is 0 Å². The van der Waals surface area contributed by atoms with Crippen LogP contribution in [-0.2, 0) is 5.41 Å². The molecule has 0 bridgehead atoms. The van der Waals surface area contributed by atoms with Gasteiger partial charge in [-0.15, -0.1) is 0 Å². The van der Waals surface area contributed by atoms with Crippen LogP contribution in [0.25, 0.3) is 123 Å². The van der Waals surface area contributed by atoms with E-state index in [1.165, 1.54) is 33.0 Å². The number of hydrogen-bond donors (Lipinski definition) is 0. The Bertz CT molecular complexity index is 3920. The van der Waals surface area contributed by atoms with Crippen molar-refractivity contribution in [3.05, 3.63) is 260 Å². The summed E-state index contributed by atoms with van der Waals surface area (Å²) in [5, 5.41) is 2.52. The number of hydrogen-bond acceptors (Lipinski definition) is 5. The SMILES string of the molecule is CC1(C)c2cc(-c3cc(-c4cccc(-c5cccc(-c6nc(-c7ccc(-c8ccccc8)cc7)nc(-c7ccc(-c8ccccc8)cc7)n6)c5)c4)nc(-c4ccccc4)n3)ccc2-c2cc3ccccc3cc21. The maximum absolute atomic E-state index is 5.26. The Kier molecular flexibility index (Phi) is 10.8. The molecule has 344 valence electrons. The third-order valence-corrected chi connectivity index (χ3v) is 14.3. The molecule has 12 aromatic rings. The minimum Gasteiger partial charge on any atom is -0.228 e. The lowest BCUT2D eigenvalue weighted by Crippen LogP contribution is -2.15. The maximum Gasteiger partial charge on any atom is 0.164 e. The van der Waals surface area contributed by atoms with Crippen LogP contribution in [0.15, 0.2) is 249 Å². The highest BCUT2D eigenvalue weighted by Crippen LogP contribution is 2.51.